The van der Waals surface area contributed by atoms with Gasteiger partial charge in [-0.15, -0.1) is 22.7 Å². The van der Waals surface area contributed by atoms with Crippen LogP contribution in [0.25, 0.3) is 9.88 Å². The summed E-state index contributed by atoms with van der Waals surface area (Å²) in [5.41, 5.74) is 0.666. The van der Waals surface area contributed by atoms with Crippen molar-refractivity contribution in [1.29, 1.82) is 0 Å². The van der Waals surface area contributed by atoms with Gasteiger partial charge in [-0.1, -0.05) is 6.07 Å². The lowest BCUT2D eigenvalue weighted by Gasteiger charge is -2.29. The molecule has 3 heterocycles. The van der Waals surface area contributed by atoms with Crippen molar-refractivity contribution in [3.63, 3.8) is 0 Å². The number of thiophene rings is 1. The third kappa shape index (κ3) is 4.68. The lowest BCUT2D eigenvalue weighted by molar-refractivity contribution is -0.135. The minimum Gasteiger partial charge on any atom is -0.344 e. The number of carbonyl (C=O) groups excluding carboxylic acids is 2. The number of hydrogen-bond donors (Lipinski definition) is 1. The maximum absolute atomic E-state index is 12.4. The van der Waals surface area contributed by atoms with E-state index in [9.17, 15) is 18.0 Å². The van der Waals surface area contributed by atoms with Crippen LogP contribution in [-0.4, -0.2) is 60.8 Å². The van der Waals surface area contributed by atoms with Crippen LogP contribution in [0, 0.1) is 0 Å². The number of hydrogen-bond acceptors (Lipinski definition) is 7. The third-order valence-electron chi connectivity index (χ3n) is 4.03. The Morgan fingerprint density at radius 2 is 2.04 bits per heavy atom. The fraction of sp³-hybridized carbons (Fsp3) is 0.438. The molecule has 1 saturated heterocycles. The first-order valence-corrected chi connectivity index (χ1v) is 11.7. The number of aromatic nitrogens is 1. The zero-order valence-electron chi connectivity index (χ0n) is 14.2. The Balaban J connectivity index is 1.52. The third-order valence-corrected chi connectivity index (χ3v) is 7.57. The average Bonchev–Trinajstić information content (AvgIpc) is 3.25. The van der Waals surface area contributed by atoms with Crippen molar-refractivity contribution in [3.8, 4) is 9.88 Å². The van der Waals surface area contributed by atoms with Gasteiger partial charge in [-0.3, -0.25) is 9.59 Å². The van der Waals surface area contributed by atoms with E-state index in [2.05, 4.69) is 10.3 Å². The van der Waals surface area contributed by atoms with E-state index < -0.39 is 15.9 Å². The molecule has 2 aromatic rings. The molecule has 0 aromatic carbocycles. The number of rotatable bonds is 5. The number of nitrogens with zero attached hydrogens (tertiary/aromatic N) is 2. The molecule has 3 rings (SSSR count). The molecule has 1 aliphatic rings. The molecular weight excluding hydrogens is 394 g/mol. The minimum absolute atomic E-state index is 0.0241. The molecule has 1 aliphatic heterocycles. The highest BCUT2D eigenvalue weighted by atomic mass is 32.2. The van der Waals surface area contributed by atoms with Crippen LogP contribution in [0.2, 0.25) is 0 Å². The molecule has 0 spiro atoms. The van der Waals surface area contributed by atoms with E-state index in [0.29, 0.717) is 5.69 Å². The SMILES string of the molecule is CC(NC(=O)Cc1csc(-c2cccs2)n1)C(=O)N1CCS(=O)(=O)CC1. The monoisotopic (exact) mass is 413 g/mol. The Morgan fingerprint density at radius 3 is 2.69 bits per heavy atom. The molecule has 10 heteroatoms. The van der Waals surface area contributed by atoms with E-state index in [-0.39, 0.29) is 42.8 Å². The number of amides is 2. The van der Waals surface area contributed by atoms with Crippen molar-refractivity contribution in [1.82, 2.24) is 15.2 Å². The Morgan fingerprint density at radius 1 is 1.31 bits per heavy atom. The highest BCUT2D eigenvalue weighted by molar-refractivity contribution is 7.91. The Labute approximate surface area is 160 Å². The first-order valence-electron chi connectivity index (χ1n) is 8.11. The van der Waals surface area contributed by atoms with Crippen LogP contribution in [0.5, 0.6) is 0 Å². The second-order valence-corrected chi connectivity index (χ2v) is 10.2. The fourth-order valence-corrected chi connectivity index (χ4v) is 5.46. The fourth-order valence-electron chi connectivity index (χ4n) is 2.63. The second-order valence-electron chi connectivity index (χ2n) is 6.06. The van der Waals surface area contributed by atoms with Gasteiger partial charge in [0.1, 0.15) is 11.0 Å². The number of thiazole rings is 1. The number of sulfone groups is 1. The molecule has 0 radical (unpaired) electrons. The highest BCUT2D eigenvalue weighted by Crippen LogP contribution is 2.27. The van der Waals surface area contributed by atoms with Crippen LogP contribution >= 0.6 is 22.7 Å². The van der Waals surface area contributed by atoms with Crippen molar-refractivity contribution in [2.45, 2.75) is 19.4 Å². The van der Waals surface area contributed by atoms with Crippen LogP contribution in [0.15, 0.2) is 22.9 Å². The predicted octanol–water partition coefficient (Wildman–Crippen LogP) is 1.18. The minimum atomic E-state index is -3.04. The largest absolute Gasteiger partial charge is 0.344 e. The number of nitrogens with one attached hydrogen (secondary N) is 1. The van der Waals surface area contributed by atoms with E-state index in [1.54, 1.807) is 18.3 Å². The first-order chi connectivity index (χ1) is 12.3. The average molecular weight is 414 g/mol. The van der Waals surface area contributed by atoms with Crippen molar-refractivity contribution in [2.75, 3.05) is 24.6 Å². The van der Waals surface area contributed by atoms with Crippen molar-refractivity contribution < 1.29 is 18.0 Å². The van der Waals surface area contributed by atoms with E-state index in [1.165, 1.54) is 16.2 Å². The topological polar surface area (TPSA) is 96.4 Å². The Bertz CT molecular complexity index is 876. The summed E-state index contributed by atoms with van der Waals surface area (Å²) >= 11 is 3.08. The zero-order valence-corrected chi connectivity index (χ0v) is 16.6. The molecule has 0 saturated carbocycles. The summed E-state index contributed by atoms with van der Waals surface area (Å²) in [4.78, 5) is 31.6. The van der Waals surface area contributed by atoms with Gasteiger partial charge in [-0.25, -0.2) is 13.4 Å². The molecule has 1 atom stereocenters. The van der Waals surface area contributed by atoms with Gasteiger partial charge in [-0.05, 0) is 18.4 Å². The Hall–Kier alpha value is -1.78. The summed E-state index contributed by atoms with van der Waals surface area (Å²) < 4.78 is 22.9. The molecule has 26 heavy (non-hydrogen) atoms. The second kappa shape index (κ2) is 7.85. The molecular formula is C16H19N3O4S3. The van der Waals surface area contributed by atoms with Crippen LogP contribution in [0.4, 0.5) is 0 Å². The van der Waals surface area contributed by atoms with Gasteiger partial charge >= 0.3 is 0 Å². The van der Waals surface area contributed by atoms with Crippen molar-refractivity contribution in [3.05, 3.63) is 28.6 Å². The van der Waals surface area contributed by atoms with Crippen molar-refractivity contribution >= 4 is 44.3 Å². The molecule has 2 amide bonds. The summed E-state index contributed by atoms with van der Waals surface area (Å²) in [5, 5.41) is 7.37. The summed E-state index contributed by atoms with van der Waals surface area (Å²) in [6.45, 7) is 1.97. The molecule has 140 valence electrons. The van der Waals surface area contributed by atoms with Gasteiger partial charge in [0, 0.05) is 18.5 Å². The molecule has 0 bridgehead atoms. The predicted molar refractivity (Wildman–Crippen MR) is 102 cm³/mol. The maximum Gasteiger partial charge on any atom is 0.244 e. The smallest absolute Gasteiger partial charge is 0.244 e. The summed E-state index contributed by atoms with van der Waals surface area (Å²) in [7, 11) is -3.04. The molecule has 1 N–H and O–H groups in total. The molecule has 1 unspecified atom stereocenters. The zero-order chi connectivity index (χ0) is 18.7. The summed E-state index contributed by atoms with van der Waals surface area (Å²) in [6, 6.07) is 3.23. The Kier molecular flexibility index (Phi) is 5.73. The maximum atomic E-state index is 12.4. The van der Waals surface area contributed by atoms with Gasteiger partial charge in [-0.2, -0.15) is 0 Å². The molecule has 2 aromatic heterocycles. The lowest BCUT2D eigenvalue weighted by atomic mass is 10.2. The van der Waals surface area contributed by atoms with Crippen LogP contribution in [-0.2, 0) is 25.8 Å². The van der Waals surface area contributed by atoms with Crippen LogP contribution < -0.4 is 5.32 Å². The molecule has 0 aliphatic carbocycles. The van der Waals surface area contributed by atoms with Gasteiger partial charge < -0.3 is 10.2 Å². The van der Waals surface area contributed by atoms with Crippen LogP contribution in [0.1, 0.15) is 12.6 Å². The lowest BCUT2D eigenvalue weighted by Crippen LogP contribution is -2.51. The number of carbonyl (C=O) groups is 2. The van der Waals surface area contributed by atoms with Gasteiger partial charge in [0.05, 0.1) is 28.5 Å². The van der Waals surface area contributed by atoms with Gasteiger partial charge in [0.25, 0.3) is 0 Å². The van der Waals surface area contributed by atoms with E-state index in [0.717, 1.165) is 9.88 Å². The first kappa shape index (κ1) is 19.0. The summed E-state index contributed by atoms with van der Waals surface area (Å²) in [5.74, 6) is -0.586. The van der Waals surface area contributed by atoms with Gasteiger partial charge in [0.2, 0.25) is 11.8 Å². The molecule has 1 fully saturated rings. The summed E-state index contributed by atoms with van der Waals surface area (Å²) in [6.07, 6.45) is 0.105. The van der Waals surface area contributed by atoms with Crippen molar-refractivity contribution in [2.24, 2.45) is 0 Å². The normalized spacial score (nSPS) is 17.7. The molecule has 7 nitrogen and oxygen atoms in total. The van der Waals surface area contributed by atoms with Gasteiger partial charge in [0.15, 0.2) is 9.84 Å². The standard InChI is InChI=1S/C16H19N3O4S3/c1-11(16(21)19-4-7-26(22,23)8-5-19)17-14(20)9-12-10-25-15(18-12)13-3-2-6-24-13/h2-3,6,10-11H,4-5,7-9H2,1H3,(H,17,20). The van der Waals surface area contributed by atoms with E-state index in [1.807, 2.05) is 22.9 Å². The van der Waals surface area contributed by atoms with Crippen LogP contribution in [0.3, 0.4) is 0 Å². The van der Waals surface area contributed by atoms with E-state index >= 15 is 0 Å². The quantitative estimate of drug-likeness (QED) is 0.794. The van der Waals surface area contributed by atoms with E-state index in [4.69, 9.17) is 0 Å². The highest BCUT2D eigenvalue weighted by Gasteiger charge is 2.28.